The molecule has 3 aromatic rings. The van der Waals surface area contributed by atoms with E-state index in [9.17, 15) is 4.79 Å². The van der Waals surface area contributed by atoms with Crippen molar-refractivity contribution in [1.82, 2.24) is 29.4 Å². The van der Waals surface area contributed by atoms with Crippen molar-refractivity contribution >= 4 is 22.8 Å². The van der Waals surface area contributed by atoms with Gasteiger partial charge < -0.3 is 4.90 Å². The number of aromatic nitrogens is 5. The van der Waals surface area contributed by atoms with Crippen molar-refractivity contribution in [2.45, 2.75) is 27.3 Å². The van der Waals surface area contributed by atoms with E-state index in [-0.39, 0.29) is 11.1 Å². The van der Waals surface area contributed by atoms with Crippen LogP contribution in [0.25, 0.3) is 16.9 Å². The van der Waals surface area contributed by atoms with Crippen LogP contribution in [0.3, 0.4) is 0 Å². The van der Waals surface area contributed by atoms with Crippen molar-refractivity contribution in [2.75, 3.05) is 19.6 Å². The second-order valence-corrected chi connectivity index (χ2v) is 6.28. The maximum Gasteiger partial charge on any atom is 0.283 e. The molecule has 0 spiro atoms. The number of benzene rings is 1. The summed E-state index contributed by atoms with van der Waals surface area (Å²) in [4.78, 5) is 19.3. The highest BCUT2D eigenvalue weighted by Gasteiger charge is 2.14. The molecule has 0 radical (unpaired) electrons. The molecule has 0 unspecified atom stereocenters. The Balaban J connectivity index is 1.96. The predicted molar refractivity (Wildman–Crippen MR) is 98.5 cm³/mol. The Morgan fingerprint density at radius 3 is 2.68 bits per heavy atom. The van der Waals surface area contributed by atoms with Crippen LogP contribution in [-0.4, -0.2) is 49.1 Å². The Bertz CT molecular complexity index is 944. The topological polar surface area (TPSA) is 68.8 Å². The highest BCUT2D eigenvalue weighted by molar-refractivity contribution is 6.31. The van der Waals surface area contributed by atoms with Crippen LogP contribution < -0.4 is 5.56 Å². The molecule has 3 rings (SSSR count). The summed E-state index contributed by atoms with van der Waals surface area (Å²) in [6.07, 6.45) is 1.56. The number of halogens is 1. The fourth-order valence-corrected chi connectivity index (χ4v) is 2.85. The van der Waals surface area contributed by atoms with Crippen LogP contribution in [0.2, 0.25) is 5.02 Å². The lowest BCUT2D eigenvalue weighted by Crippen LogP contribution is -2.31. The number of hydrogen-bond donors (Lipinski definition) is 0. The van der Waals surface area contributed by atoms with E-state index in [0.717, 1.165) is 30.9 Å². The fraction of sp³-hybridized carbons (Fsp3) is 0.412. The van der Waals surface area contributed by atoms with E-state index >= 15 is 0 Å². The minimum absolute atomic E-state index is 0.179. The Kier molecular flexibility index (Phi) is 5.15. The molecule has 0 amide bonds. The molecule has 0 bridgehead atoms. The van der Waals surface area contributed by atoms with Crippen molar-refractivity contribution < 1.29 is 0 Å². The largest absolute Gasteiger partial charge is 0.302 e. The van der Waals surface area contributed by atoms with E-state index < -0.39 is 0 Å². The number of aryl methyl sites for hydroxylation is 1. The molecule has 0 aliphatic carbocycles. The summed E-state index contributed by atoms with van der Waals surface area (Å²) in [5.41, 5.74) is 2.22. The molecule has 0 atom stereocenters. The molecule has 1 aromatic carbocycles. The van der Waals surface area contributed by atoms with Crippen molar-refractivity contribution in [2.24, 2.45) is 0 Å². The van der Waals surface area contributed by atoms with Crippen LogP contribution in [-0.2, 0) is 6.54 Å². The highest BCUT2D eigenvalue weighted by atomic mass is 35.5. The van der Waals surface area contributed by atoms with Gasteiger partial charge >= 0.3 is 0 Å². The summed E-state index contributed by atoms with van der Waals surface area (Å²) < 4.78 is 3.12. The van der Waals surface area contributed by atoms with Crippen molar-refractivity contribution in [3.63, 3.8) is 0 Å². The molecule has 25 heavy (non-hydrogen) atoms. The first-order chi connectivity index (χ1) is 12.0. The standard InChI is InChI=1S/C17H21ClN6O/c1-4-22(5-2)8-9-23-11-19-16-15(17(23)25)20-21-24(16)13-7-6-12(3)14(18)10-13/h6-7,10-11H,4-5,8-9H2,1-3H3. The average Bonchev–Trinajstić information content (AvgIpc) is 3.05. The Hall–Kier alpha value is -2.25. The first kappa shape index (κ1) is 17.6. The van der Waals surface area contributed by atoms with E-state index in [1.54, 1.807) is 17.0 Å². The average molecular weight is 361 g/mol. The van der Waals surface area contributed by atoms with Gasteiger partial charge in [0.25, 0.3) is 5.56 Å². The smallest absolute Gasteiger partial charge is 0.283 e. The zero-order chi connectivity index (χ0) is 18.0. The van der Waals surface area contributed by atoms with E-state index in [2.05, 4.69) is 34.0 Å². The van der Waals surface area contributed by atoms with Crippen LogP contribution in [0.1, 0.15) is 19.4 Å². The third-order valence-corrected chi connectivity index (χ3v) is 4.79. The zero-order valence-electron chi connectivity index (χ0n) is 14.6. The number of hydrogen-bond acceptors (Lipinski definition) is 5. The van der Waals surface area contributed by atoms with E-state index in [1.807, 2.05) is 19.1 Å². The SMILES string of the molecule is CCN(CC)CCn1cnc2c(nnn2-c2ccc(C)c(Cl)c2)c1=O. The third-order valence-electron chi connectivity index (χ3n) is 4.38. The normalized spacial score (nSPS) is 11.6. The van der Waals surface area contributed by atoms with Gasteiger partial charge in [0.1, 0.15) is 6.33 Å². The molecular weight excluding hydrogens is 340 g/mol. The number of fused-ring (bicyclic) bond motifs is 1. The maximum atomic E-state index is 12.6. The maximum absolute atomic E-state index is 12.6. The third kappa shape index (κ3) is 3.43. The monoisotopic (exact) mass is 360 g/mol. The second-order valence-electron chi connectivity index (χ2n) is 5.88. The molecule has 132 valence electrons. The minimum Gasteiger partial charge on any atom is -0.302 e. The van der Waals surface area contributed by atoms with Gasteiger partial charge in [-0.15, -0.1) is 5.10 Å². The first-order valence-corrected chi connectivity index (χ1v) is 8.72. The van der Waals surface area contributed by atoms with E-state index in [0.29, 0.717) is 17.2 Å². The number of rotatable bonds is 6. The lowest BCUT2D eigenvalue weighted by Gasteiger charge is -2.18. The van der Waals surface area contributed by atoms with Gasteiger partial charge in [0.2, 0.25) is 0 Å². The molecule has 2 aromatic heterocycles. The quantitative estimate of drug-likeness (QED) is 0.674. The van der Waals surface area contributed by atoms with Crippen LogP contribution >= 0.6 is 11.6 Å². The Labute approximate surface area is 150 Å². The lowest BCUT2D eigenvalue weighted by atomic mass is 10.2. The summed E-state index contributed by atoms with van der Waals surface area (Å²) in [7, 11) is 0. The van der Waals surface area contributed by atoms with Gasteiger partial charge in [-0.05, 0) is 37.7 Å². The summed E-state index contributed by atoms with van der Waals surface area (Å²) in [6.45, 7) is 9.40. The summed E-state index contributed by atoms with van der Waals surface area (Å²) in [5.74, 6) is 0. The van der Waals surface area contributed by atoms with Crippen LogP contribution in [0, 0.1) is 6.92 Å². The molecule has 0 N–H and O–H groups in total. The van der Waals surface area contributed by atoms with Gasteiger partial charge in [0.05, 0.1) is 5.69 Å². The van der Waals surface area contributed by atoms with Gasteiger partial charge in [0.15, 0.2) is 11.2 Å². The van der Waals surface area contributed by atoms with Crippen LogP contribution in [0.15, 0.2) is 29.3 Å². The van der Waals surface area contributed by atoms with Gasteiger partial charge in [0, 0.05) is 18.1 Å². The summed E-state index contributed by atoms with van der Waals surface area (Å²) in [6, 6.07) is 5.57. The molecule has 0 aliphatic heterocycles. The summed E-state index contributed by atoms with van der Waals surface area (Å²) in [5, 5.41) is 8.76. The number of likely N-dealkylation sites (N-methyl/N-ethyl adjacent to an activating group) is 1. The van der Waals surface area contributed by atoms with Crippen LogP contribution in [0.4, 0.5) is 0 Å². The predicted octanol–water partition coefficient (Wildman–Crippen LogP) is 2.28. The zero-order valence-corrected chi connectivity index (χ0v) is 15.4. The van der Waals surface area contributed by atoms with Crippen molar-refractivity contribution in [1.29, 1.82) is 0 Å². The highest BCUT2D eigenvalue weighted by Crippen LogP contribution is 2.20. The van der Waals surface area contributed by atoms with Crippen molar-refractivity contribution in [3.8, 4) is 5.69 Å². The van der Waals surface area contributed by atoms with Gasteiger partial charge in [-0.25, -0.2) is 4.98 Å². The van der Waals surface area contributed by atoms with Gasteiger partial charge in [-0.2, -0.15) is 4.68 Å². The molecule has 0 aliphatic rings. The molecule has 0 fully saturated rings. The van der Waals surface area contributed by atoms with Crippen LogP contribution in [0.5, 0.6) is 0 Å². The molecule has 2 heterocycles. The molecule has 0 saturated carbocycles. The Morgan fingerprint density at radius 1 is 1.24 bits per heavy atom. The summed E-state index contributed by atoms with van der Waals surface area (Å²) >= 11 is 6.18. The first-order valence-electron chi connectivity index (χ1n) is 8.34. The van der Waals surface area contributed by atoms with E-state index in [4.69, 9.17) is 11.6 Å². The Morgan fingerprint density at radius 2 is 2.00 bits per heavy atom. The second kappa shape index (κ2) is 7.33. The van der Waals surface area contributed by atoms with Crippen molar-refractivity contribution in [3.05, 3.63) is 45.5 Å². The minimum atomic E-state index is -0.179. The number of nitrogens with zero attached hydrogens (tertiary/aromatic N) is 6. The molecular formula is C17H21ClN6O. The molecule has 0 saturated heterocycles. The molecule has 7 nitrogen and oxygen atoms in total. The van der Waals surface area contributed by atoms with Gasteiger partial charge in [-0.1, -0.05) is 36.7 Å². The van der Waals surface area contributed by atoms with E-state index in [1.165, 1.54) is 4.68 Å². The molecule has 8 heteroatoms. The fourth-order valence-electron chi connectivity index (χ4n) is 2.68. The lowest BCUT2D eigenvalue weighted by molar-refractivity contribution is 0.289. The van der Waals surface area contributed by atoms with Gasteiger partial charge in [-0.3, -0.25) is 9.36 Å².